The lowest BCUT2D eigenvalue weighted by Gasteiger charge is -2.36. The van der Waals surface area contributed by atoms with Gasteiger partial charge < -0.3 is 10.2 Å². The fourth-order valence-electron chi connectivity index (χ4n) is 2.91. The number of nitrogens with zero attached hydrogens (tertiary/aromatic N) is 2. The second-order valence-electron chi connectivity index (χ2n) is 6.78. The molecular weight excluding hydrogens is 495 g/mol. The standard InChI is InChI=1S/C18H30N4O2S2.HI/c1-14(2)17-12-22(8-9-25-17)18(19-3)21-11-15-6-5-7-16(10-15)13-26(23,24)20-4;/h5-7,10,14,17,20H,8-9,11-13H2,1-4H3,(H,19,21);1H. The van der Waals surface area contributed by atoms with Crippen molar-refractivity contribution >= 4 is 51.7 Å². The molecule has 1 aromatic rings. The van der Waals surface area contributed by atoms with Gasteiger partial charge in [0.15, 0.2) is 5.96 Å². The van der Waals surface area contributed by atoms with E-state index >= 15 is 0 Å². The van der Waals surface area contributed by atoms with Crippen LogP contribution in [0.25, 0.3) is 0 Å². The molecule has 0 aliphatic carbocycles. The highest BCUT2D eigenvalue weighted by molar-refractivity contribution is 14.0. The molecule has 2 rings (SSSR count). The summed E-state index contributed by atoms with van der Waals surface area (Å²) in [5.74, 6) is 2.66. The molecule has 2 N–H and O–H groups in total. The van der Waals surface area contributed by atoms with Gasteiger partial charge in [-0.3, -0.25) is 4.99 Å². The van der Waals surface area contributed by atoms with Crippen LogP contribution in [0.1, 0.15) is 25.0 Å². The van der Waals surface area contributed by atoms with Crippen molar-refractivity contribution in [3.05, 3.63) is 35.4 Å². The number of hydrogen-bond acceptors (Lipinski definition) is 4. The normalized spacial score (nSPS) is 18.3. The van der Waals surface area contributed by atoms with Gasteiger partial charge in [-0.1, -0.05) is 38.1 Å². The van der Waals surface area contributed by atoms with Crippen LogP contribution in [0.15, 0.2) is 29.3 Å². The van der Waals surface area contributed by atoms with Crippen LogP contribution in [0.3, 0.4) is 0 Å². The van der Waals surface area contributed by atoms with Crippen molar-refractivity contribution in [2.75, 3.05) is 32.9 Å². The van der Waals surface area contributed by atoms with E-state index in [0.29, 0.717) is 17.7 Å². The number of nitrogens with one attached hydrogen (secondary N) is 2. The first-order valence-electron chi connectivity index (χ1n) is 8.91. The van der Waals surface area contributed by atoms with Crippen LogP contribution in [-0.4, -0.2) is 57.5 Å². The first kappa shape index (κ1) is 24.5. The van der Waals surface area contributed by atoms with Crippen molar-refractivity contribution in [1.29, 1.82) is 0 Å². The van der Waals surface area contributed by atoms with Gasteiger partial charge in [0.05, 0.1) is 5.75 Å². The monoisotopic (exact) mass is 526 g/mol. The molecule has 0 bridgehead atoms. The average Bonchev–Trinajstić information content (AvgIpc) is 2.62. The molecule has 0 saturated carbocycles. The zero-order chi connectivity index (χ0) is 19.2. The van der Waals surface area contributed by atoms with Gasteiger partial charge in [-0.05, 0) is 24.1 Å². The van der Waals surface area contributed by atoms with Crippen LogP contribution in [0.5, 0.6) is 0 Å². The summed E-state index contributed by atoms with van der Waals surface area (Å²) in [6, 6.07) is 7.66. The van der Waals surface area contributed by atoms with E-state index in [-0.39, 0.29) is 29.7 Å². The SMILES string of the molecule is CN=C(NCc1cccc(CS(=O)(=O)NC)c1)N1CCSC(C(C)C)C1.I. The molecule has 27 heavy (non-hydrogen) atoms. The number of benzene rings is 1. The molecule has 1 saturated heterocycles. The number of hydrogen-bond donors (Lipinski definition) is 2. The van der Waals surface area contributed by atoms with Crippen LogP contribution in [0.4, 0.5) is 0 Å². The number of thioether (sulfide) groups is 1. The predicted octanol–water partition coefficient (Wildman–Crippen LogP) is 2.50. The fraction of sp³-hybridized carbons (Fsp3) is 0.611. The second-order valence-corrected chi connectivity index (χ2v) is 10.1. The van der Waals surface area contributed by atoms with Crippen LogP contribution < -0.4 is 10.0 Å². The van der Waals surface area contributed by atoms with Gasteiger partial charge in [0, 0.05) is 37.7 Å². The van der Waals surface area contributed by atoms with Crippen molar-refractivity contribution in [2.45, 2.75) is 31.4 Å². The number of rotatable bonds is 6. The molecule has 6 nitrogen and oxygen atoms in total. The summed E-state index contributed by atoms with van der Waals surface area (Å²) < 4.78 is 25.8. The molecule has 154 valence electrons. The lowest BCUT2D eigenvalue weighted by atomic mass is 10.1. The second kappa shape index (κ2) is 11.5. The topological polar surface area (TPSA) is 73.8 Å². The summed E-state index contributed by atoms with van der Waals surface area (Å²) >= 11 is 2.04. The van der Waals surface area contributed by atoms with E-state index in [2.05, 4.69) is 33.8 Å². The Morgan fingerprint density at radius 2 is 2.07 bits per heavy atom. The lowest BCUT2D eigenvalue weighted by molar-refractivity contribution is 0.380. The maximum absolute atomic E-state index is 11.7. The summed E-state index contributed by atoms with van der Waals surface area (Å²) in [6.07, 6.45) is 0. The Morgan fingerprint density at radius 1 is 1.37 bits per heavy atom. The van der Waals surface area contributed by atoms with Crippen molar-refractivity contribution in [3.63, 3.8) is 0 Å². The third-order valence-electron chi connectivity index (χ3n) is 4.46. The number of aliphatic imine (C=N–C) groups is 1. The number of halogens is 1. The molecule has 1 atom stereocenters. The van der Waals surface area contributed by atoms with Crippen LogP contribution >= 0.6 is 35.7 Å². The Morgan fingerprint density at radius 3 is 2.70 bits per heavy atom. The van der Waals surface area contributed by atoms with Crippen LogP contribution in [-0.2, 0) is 22.3 Å². The molecular formula is C18H31IN4O2S2. The van der Waals surface area contributed by atoms with Gasteiger partial charge in [0.25, 0.3) is 0 Å². The molecule has 0 aromatic heterocycles. The van der Waals surface area contributed by atoms with Gasteiger partial charge in [0.1, 0.15) is 0 Å². The van der Waals surface area contributed by atoms with Gasteiger partial charge in [-0.15, -0.1) is 24.0 Å². The third kappa shape index (κ3) is 7.78. The molecule has 0 amide bonds. The molecule has 1 aliphatic heterocycles. The zero-order valence-corrected chi connectivity index (χ0v) is 20.4. The van der Waals surface area contributed by atoms with Gasteiger partial charge in [-0.25, -0.2) is 13.1 Å². The Kier molecular flexibility index (Phi) is 10.4. The quantitative estimate of drug-likeness (QED) is 0.339. The van der Waals surface area contributed by atoms with Gasteiger partial charge in [-0.2, -0.15) is 11.8 Å². The summed E-state index contributed by atoms with van der Waals surface area (Å²) in [6.45, 7) is 7.15. The van der Waals surface area contributed by atoms with E-state index in [1.165, 1.54) is 7.05 Å². The molecule has 1 fully saturated rings. The van der Waals surface area contributed by atoms with E-state index in [4.69, 9.17) is 0 Å². The summed E-state index contributed by atoms with van der Waals surface area (Å²) in [5.41, 5.74) is 1.82. The Hall–Kier alpha value is -0.520. The van der Waals surface area contributed by atoms with E-state index < -0.39 is 10.0 Å². The van der Waals surface area contributed by atoms with Crippen LogP contribution in [0, 0.1) is 5.92 Å². The summed E-state index contributed by atoms with van der Waals surface area (Å²) in [4.78, 5) is 6.75. The van der Waals surface area contributed by atoms with Crippen molar-refractivity contribution < 1.29 is 8.42 Å². The molecule has 1 heterocycles. The highest BCUT2D eigenvalue weighted by Gasteiger charge is 2.24. The molecule has 0 radical (unpaired) electrons. The predicted molar refractivity (Wildman–Crippen MR) is 126 cm³/mol. The van der Waals surface area contributed by atoms with Gasteiger partial charge in [0.2, 0.25) is 10.0 Å². The zero-order valence-electron chi connectivity index (χ0n) is 16.4. The van der Waals surface area contributed by atoms with E-state index in [0.717, 1.165) is 35.9 Å². The lowest BCUT2D eigenvalue weighted by Crippen LogP contribution is -2.48. The first-order chi connectivity index (χ1) is 12.3. The van der Waals surface area contributed by atoms with E-state index in [1.54, 1.807) is 0 Å². The highest BCUT2D eigenvalue weighted by atomic mass is 127. The smallest absolute Gasteiger partial charge is 0.215 e. The largest absolute Gasteiger partial charge is 0.352 e. The van der Waals surface area contributed by atoms with Crippen molar-refractivity contribution in [2.24, 2.45) is 10.9 Å². The van der Waals surface area contributed by atoms with Crippen LogP contribution in [0.2, 0.25) is 0 Å². The summed E-state index contributed by atoms with van der Waals surface area (Å²) in [5, 5.41) is 4.04. The first-order valence-corrected chi connectivity index (χ1v) is 11.6. The number of sulfonamides is 1. The summed E-state index contributed by atoms with van der Waals surface area (Å²) in [7, 11) is -0.0149. The Bertz CT molecular complexity index is 726. The number of guanidine groups is 1. The molecule has 1 unspecified atom stereocenters. The molecule has 1 aliphatic rings. The Balaban J connectivity index is 0.00000364. The minimum Gasteiger partial charge on any atom is -0.352 e. The maximum atomic E-state index is 11.7. The minimum absolute atomic E-state index is 0. The maximum Gasteiger partial charge on any atom is 0.215 e. The van der Waals surface area contributed by atoms with E-state index in [9.17, 15) is 8.42 Å². The van der Waals surface area contributed by atoms with Crippen molar-refractivity contribution in [3.8, 4) is 0 Å². The minimum atomic E-state index is -3.26. The molecule has 9 heteroatoms. The van der Waals surface area contributed by atoms with E-state index in [1.807, 2.05) is 43.1 Å². The molecule has 0 spiro atoms. The average molecular weight is 527 g/mol. The molecule has 1 aromatic carbocycles. The van der Waals surface area contributed by atoms with Gasteiger partial charge >= 0.3 is 0 Å². The third-order valence-corrected chi connectivity index (χ3v) is 7.33. The highest BCUT2D eigenvalue weighted by Crippen LogP contribution is 2.24. The van der Waals surface area contributed by atoms with Crippen molar-refractivity contribution in [1.82, 2.24) is 14.9 Å². The fourth-order valence-corrected chi connectivity index (χ4v) is 4.97. The Labute approximate surface area is 185 Å².